The SMILES string of the molecule is N#Cc1c(O)cnc(N)c1C(F)F. The van der Waals surface area contributed by atoms with Crippen molar-refractivity contribution in [3.63, 3.8) is 0 Å². The first kappa shape index (κ1) is 9.19. The van der Waals surface area contributed by atoms with Crippen molar-refractivity contribution in [2.75, 3.05) is 5.73 Å². The number of nitrogens with two attached hydrogens (primary N) is 1. The van der Waals surface area contributed by atoms with E-state index in [1.54, 1.807) is 0 Å². The molecule has 0 saturated carbocycles. The Kier molecular flexibility index (Phi) is 2.28. The molecule has 0 bridgehead atoms. The van der Waals surface area contributed by atoms with Gasteiger partial charge in [-0.15, -0.1) is 0 Å². The monoisotopic (exact) mass is 185 g/mol. The van der Waals surface area contributed by atoms with Gasteiger partial charge in [-0.1, -0.05) is 0 Å². The molecule has 0 fully saturated rings. The minimum Gasteiger partial charge on any atom is -0.505 e. The van der Waals surface area contributed by atoms with E-state index in [2.05, 4.69) is 4.98 Å². The van der Waals surface area contributed by atoms with Crippen LogP contribution in [0.25, 0.3) is 0 Å². The Morgan fingerprint density at radius 2 is 2.23 bits per heavy atom. The maximum Gasteiger partial charge on any atom is 0.268 e. The van der Waals surface area contributed by atoms with Gasteiger partial charge in [0, 0.05) is 0 Å². The molecule has 0 aliphatic heterocycles. The van der Waals surface area contributed by atoms with Crippen molar-refractivity contribution in [3.05, 3.63) is 17.3 Å². The van der Waals surface area contributed by atoms with Crippen LogP contribution >= 0.6 is 0 Å². The molecule has 0 aromatic carbocycles. The molecule has 3 N–H and O–H groups in total. The topological polar surface area (TPSA) is 82.9 Å². The third-order valence-corrected chi connectivity index (χ3v) is 1.46. The van der Waals surface area contributed by atoms with Crippen LogP contribution in [0.4, 0.5) is 14.6 Å². The molecule has 0 spiro atoms. The summed E-state index contributed by atoms with van der Waals surface area (Å²) in [5.41, 5.74) is 3.87. The van der Waals surface area contributed by atoms with Crippen molar-refractivity contribution in [1.29, 1.82) is 5.26 Å². The highest BCUT2D eigenvalue weighted by Crippen LogP contribution is 2.31. The highest BCUT2D eigenvalue weighted by atomic mass is 19.3. The summed E-state index contributed by atoms with van der Waals surface area (Å²) in [4.78, 5) is 3.31. The van der Waals surface area contributed by atoms with Crippen LogP contribution in [-0.4, -0.2) is 10.1 Å². The Morgan fingerprint density at radius 3 is 2.62 bits per heavy atom. The van der Waals surface area contributed by atoms with Gasteiger partial charge in [0.15, 0.2) is 5.75 Å². The predicted octanol–water partition coefficient (Wildman–Crippen LogP) is 1.18. The first-order valence-electron chi connectivity index (χ1n) is 3.23. The van der Waals surface area contributed by atoms with Crippen molar-refractivity contribution >= 4 is 5.82 Å². The van der Waals surface area contributed by atoms with E-state index in [9.17, 15) is 8.78 Å². The number of hydrogen-bond acceptors (Lipinski definition) is 4. The number of aromatic hydroxyl groups is 1. The molecule has 6 heteroatoms. The first-order chi connectivity index (χ1) is 6.07. The number of halogens is 2. The van der Waals surface area contributed by atoms with E-state index in [4.69, 9.17) is 16.1 Å². The van der Waals surface area contributed by atoms with Crippen LogP contribution in [0.5, 0.6) is 5.75 Å². The van der Waals surface area contributed by atoms with Gasteiger partial charge in [0.1, 0.15) is 17.5 Å². The van der Waals surface area contributed by atoms with Crippen molar-refractivity contribution in [2.45, 2.75) is 6.43 Å². The molecule has 1 aromatic rings. The molecule has 0 unspecified atom stereocenters. The average molecular weight is 185 g/mol. The molecule has 0 radical (unpaired) electrons. The maximum atomic E-state index is 12.3. The van der Waals surface area contributed by atoms with Gasteiger partial charge in [-0.2, -0.15) is 5.26 Å². The fraction of sp³-hybridized carbons (Fsp3) is 0.143. The Labute approximate surface area is 72.2 Å². The lowest BCUT2D eigenvalue weighted by Gasteiger charge is -2.06. The van der Waals surface area contributed by atoms with Gasteiger partial charge in [-0.25, -0.2) is 13.8 Å². The molecule has 1 aromatic heterocycles. The van der Waals surface area contributed by atoms with Crippen LogP contribution in [0.1, 0.15) is 17.6 Å². The Bertz CT molecular complexity index is 373. The fourth-order valence-corrected chi connectivity index (χ4v) is 0.869. The summed E-state index contributed by atoms with van der Waals surface area (Å²) < 4.78 is 24.5. The summed E-state index contributed by atoms with van der Waals surface area (Å²) in [5, 5.41) is 17.4. The van der Waals surface area contributed by atoms with E-state index >= 15 is 0 Å². The lowest BCUT2D eigenvalue weighted by molar-refractivity contribution is 0.151. The average Bonchev–Trinajstić information content (AvgIpc) is 2.07. The molecule has 68 valence electrons. The second-order valence-corrected chi connectivity index (χ2v) is 2.23. The summed E-state index contributed by atoms with van der Waals surface area (Å²) in [6.07, 6.45) is -2.06. The highest BCUT2D eigenvalue weighted by molar-refractivity contribution is 5.56. The van der Waals surface area contributed by atoms with E-state index < -0.39 is 29.1 Å². The highest BCUT2D eigenvalue weighted by Gasteiger charge is 2.20. The van der Waals surface area contributed by atoms with Crippen molar-refractivity contribution < 1.29 is 13.9 Å². The standard InChI is InChI=1S/C7H5F2N3O/c8-6(9)5-3(1-10)4(13)2-12-7(5)11/h2,6,13H,(H2,11,12). The smallest absolute Gasteiger partial charge is 0.268 e. The van der Waals surface area contributed by atoms with E-state index in [0.717, 1.165) is 6.20 Å². The fourth-order valence-electron chi connectivity index (χ4n) is 0.869. The van der Waals surface area contributed by atoms with E-state index in [1.165, 1.54) is 6.07 Å². The van der Waals surface area contributed by atoms with E-state index in [0.29, 0.717) is 0 Å². The minimum atomic E-state index is -2.92. The number of hydrogen-bond donors (Lipinski definition) is 2. The van der Waals surface area contributed by atoms with Crippen LogP contribution < -0.4 is 5.73 Å². The van der Waals surface area contributed by atoms with Crippen LogP contribution in [0, 0.1) is 11.3 Å². The molecule has 4 nitrogen and oxygen atoms in total. The normalized spacial score (nSPS) is 10.0. The number of nitrogen functional groups attached to an aromatic ring is 1. The lowest BCUT2D eigenvalue weighted by atomic mass is 10.1. The van der Waals surface area contributed by atoms with Gasteiger partial charge in [-0.05, 0) is 0 Å². The van der Waals surface area contributed by atoms with Crippen LogP contribution in [0.15, 0.2) is 6.20 Å². The number of rotatable bonds is 1. The number of alkyl halides is 2. The Hall–Kier alpha value is -1.90. The van der Waals surface area contributed by atoms with E-state index in [1.807, 2.05) is 0 Å². The van der Waals surface area contributed by atoms with Crippen molar-refractivity contribution in [3.8, 4) is 11.8 Å². The zero-order valence-corrected chi connectivity index (χ0v) is 6.33. The predicted molar refractivity (Wildman–Crippen MR) is 40.0 cm³/mol. The lowest BCUT2D eigenvalue weighted by Crippen LogP contribution is -2.01. The molecule has 13 heavy (non-hydrogen) atoms. The molecule has 0 amide bonds. The molecular weight excluding hydrogens is 180 g/mol. The number of nitrogens with zero attached hydrogens (tertiary/aromatic N) is 2. The third-order valence-electron chi connectivity index (χ3n) is 1.46. The molecule has 0 aliphatic rings. The number of anilines is 1. The summed E-state index contributed by atoms with van der Waals surface area (Å²) in [7, 11) is 0. The Morgan fingerprint density at radius 1 is 1.62 bits per heavy atom. The molecule has 0 aliphatic carbocycles. The van der Waals surface area contributed by atoms with Crippen molar-refractivity contribution in [2.24, 2.45) is 0 Å². The van der Waals surface area contributed by atoms with Crippen molar-refractivity contribution in [1.82, 2.24) is 4.98 Å². The number of aromatic nitrogens is 1. The summed E-state index contributed by atoms with van der Waals surface area (Å²) in [6, 6.07) is 1.44. The summed E-state index contributed by atoms with van der Waals surface area (Å²) >= 11 is 0. The van der Waals surface area contributed by atoms with Gasteiger partial charge in [0.2, 0.25) is 0 Å². The maximum absolute atomic E-state index is 12.3. The third kappa shape index (κ3) is 1.49. The van der Waals surface area contributed by atoms with Gasteiger partial charge < -0.3 is 10.8 Å². The largest absolute Gasteiger partial charge is 0.505 e. The summed E-state index contributed by atoms with van der Waals surface area (Å²) in [5.74, 6) is -1.03. The number of nitriles is 1. The van der Waals surface area contributed by atoms with Gasteiger partial charge >= 0.3 is 0 Å². The molecular formula is C7H5F2N3O. The molecule has 0 atom stereocenters. The minimum absolute atomic E-state index is 0.440. The molecule has 1 rings (SSSR count). The molecule has 1 heterocycles. The van der Waals surface area contributed by atoms with Gasteiger partial charge in [-0.3, -0.25) is 0 Å². The quantitative estimate of drug-likeness (QED) is 0.688. The zero-order valence-electron chi connectivity index (χ0n) is 6.33. The van der Waals surface area contributed by atoms with Crippen LogP contribution in [0.3, 0.4) is 0 Å². The Balaban J connectivity index is 3.46. The van der Waals surface area contributed by atoms with Crippen LogP contribution in [0.2, 0.25) is 0 Å². The second kappa shape index (κ2) is 3.23. The second-order valence-electron chi connectivity index (χ2n) is 2.23. The van der Waals surface area contributed by atoms with Crippen LogP contribution in [-0.2, 0) is 0 Å². The van der Waals surface area contributed by atoms with Gasteiger partial charge in [0.25, 0.3) is 6.43 Å². The zero-order chi connectivity index (χ0) is 10.0. The van der Waals surface area contributed by atoms with Gasteiger partial charge in [0.05, 0.1) is 11.8 Å². The molecule has 0 saturated heterocycles. The number of pyridine rings is 1. The van der Waals surface area contributed by atoms with E-state index in [-0.39, 0.29) is 0 Å². The summed E-state index contributed by atoms with van der Waals surface area (Å²) in [6.45, 7) is 0. The first-order valence-corrected chi connectivity index (χ1v) is 3.23.